The average molecular weight is 423 g/mol. The minimum absolute atomic E-state index is 0.104. The number of hydrogen-bond donors (Lipinski definition) is 4. The number of ether oxygens (including phenoxy) is 1. The molecule has 1 aliphatic heterocycles. The Morgan fingerprint density at radius 3 is 2.39 bits per heavy atom. The van der Waals surface area contributed by atoms with Gasteiger partial charge in [0, 0.05) is 12.1 Å². The van der Waals surface area contributed by atoms with Crippen molar-refractivity contribution in [3.63, 3.8) is 0 Å². The SMILES string of the molecule is O=C1CC[C@@H](C(=O)Nc2ccc(C3(NC(=O)COc4ccc(O)cc4)CCC3)cc2)N1. The number of aromatic hydroxyl groups is 1. The minimum Gasteiger partial charge on any atom is -0.508 e. The average Bonchev–Trinajstić information content (AvgIpc) is 3.17. The van der Waals surface area contributed by atoms with E-state index in [0.29, 0.717) is 24.3 Å². The normalized spacial score (nSPS) is 19.1. The summed E-state index contributed by atoms with van der Waals surface area (Å²) in [5.74, 6) is 0.0957. The molecule has 1 atom stereocenters. The lowest BCUT2D eigenvalue weighted by molar-refractivity contribution is -0.126. The van der Waals surface area contributed by atoms with Crippen LogP contribution in [-0.4, -0.2) is 35.5 Å². The molecule has 2 aliphatic rings. The Balaban J connectivity index is 1.34. The van der Waals surface area contributed by atoms with E-state index < -0.39 is 11.6 Å². The van der Waals surface area contributed by atoms with Gasteiger partial charge in [0.15, 0.2) is 6.61 Å². The van der Waals surface area contributed by atoms with Crippen molar-refractivity contribution in [1.82, 2.24) is 10.6 Å². The van der Waals surface area contributed by atoms with Gasteiger partial charge in [-0.15, -0.1) is 0 Å². The fourth-order valence-electron chi connectivity index (χ4n) is 3.92. The summed E-state index contributed by atoms with van der Waals surface area (Å²) in [5.41, 5.74) is 1.19. The van der Waals surface area contributed by atoms with Gasteiger partial charge in [0.25, 0.3) is 5.91 Å². The number of hydrogen-bond acceptors (Lipinski definition) is 5. The monoisotopic (exact) mass is 423 g/mol. The van der Waals surface area contributed by atoms with Crippen LogP contribution in [0.2, 0.25) is 0 Å². The molecule has 8 nitrogen and oxygen atoms in total. The molecule has 8 heteroatoms. The molecule has 2 aromatic carbocycles. The molecule has 162 valence electrons. The smallest absolute Gasteiger partial charge is 0.258 e. The zero-order valence-corrected chi connectivity index (χ0v) is 17.0. The number of anilines is 1. The van der Waals surface area contributed by atoms with E-state index in [4.69, 9.17) is 4.74 Å². The number of phenols is 1. The molecule has 1 aliphatic carbocycles. The highest BCUT2D eigenvalue weighted by Crippen LogP contribution is 2.41. The number of carbonyl (C=O) groups excluding carboxylic acids is 3. The molecule has 0 radical (unpaired) electrons. The zero-order chi connectivity index (χ0) is 21.8. The Labute approximate surface area is 180 Å². The Bertz CT molecular complexity index is 968. The predicted octanol–water partition coefficient (Wildman–Crippen LogP) is 2.18. The fourth-order valence-corrected chi connectivity index (χ4v) is 3.92. The summed E-state index contributed by atoms with van der Waals surface area (Å²) in [5, 5.41) is 17.9. The number of rotatable bonds is 7. The van der Waals surface area contributed by atoms with Crippen LogP contribution >= 0.6 is 0 Å². The van der Waals surface area contributed by atoms with Crippen LogP contribution in [0.4, 0.5) is 5.69 Å². The van der Waals surface area contributed by atoms with Crippen LogP contribution in [0, 0.1) is 0 Å². The molecule has 2 aromatic rings. The lowest BCUT2D eigenvalue weighted by Crippen LogP contribution is -2.52. The third-order valence-corrected chi connectivity index (χ3v) is 5.81. The highest BCUT2D eigenvalue weighted by molar-refractivity contribution is 5.99. The maximum absolute atomic E-state index is 12.5. The van der Waals surface area contributed by atoms with Crippen LogP contribution in [0.3, 0.4) is 0 Å². The third-order valence-electron chi connectivity index (χ3n) is 5.81. The van der Waals surface area contributed by atoms with Crippen molar-refractivity contribution in [1.29, 1.82) is 0 Å². The first kappa shape index (κ1) is 20.7. The van der Waals surface area contributed by atoms with Gasteiger partial charge in [0.1, 0.15) is 17.5 Å². The molecule has 4 N–H and O–H groups in total. The Hall–Kier alpha value is -3.55. The fraction of sp³-hybridized carbons (Fsp3) is 0.348. The van der Waals surface area contributed by atoms with E-state index in [1.54, 1.807) is 12.1 Å². The second-order valence-corrected chi connectivity index (χ2v) is 7.99. The van der Waals surface area contributed by atoms with Crippen molar-refractivity contribution in [2.75, 3.05) is 11.9 Å². The Morgan fingerprint density at radius 1 is 1.10 bits per heavy atom. The highest BCUT2D eigenvalue weighted by atomic mass is 16.5. The summed E-state index contributed by atoms with van der Waals surface area (Å²) in [6.45, 7) is -0.117. The van der Waals surface area contributed by atoms with Gasteiger partial charge in [-0.25, -0.2) is 0 Å². The molecule has 2 fully saturated rings. The molecular weight excluding hydrogens is 398 g/mol. The standard InChI is InChI=1S/C23H25N3O5/c27-17-6-8-18(9-7-17)31-14-21(29)26-23(12-1-13-23)15-2-4-16(5-3-15)24-22(30)19-10-11-20(28)25-19/h2-9,19,27H,1,10-14H2,(H,24,30)(H,25,28)(H,26,29)/t19-/m0/s1. The quantitative estimate of drug-likeness (QED) is 0.545. The summed E-state index contributed by atoms with van der Waals surface area (Å²) >= 11 is 0. The van der Waals surface area contributed by atoms with Gasteiger partial charge in [-0.05, 0) is 67.6 Å². The van der Waals surface area contributed by atoms with E-state index in [1.165, 1.54) is 12.1 Å². The summed E-state index contributed by atoms with van der Waals surface area (Å²) < 4.78 is 5.49. The molecule has 0 bridgehead atoms. The van der Waals surface area contributed by atoms with E-state index >= 15 is 0 Å². The summed E-state index contributed by atoms with van der Waals surface area (Å²) in [4.78, 5) is 36.0. The summed E-state index contributed by atoms with van der Waals surface area (Å²) in [6.07, 6.45) is 3.55. The largest absolute Gasteiger partial charge is 0.508 e. The number of carbonyl (C=O) groups is 3. The number of nitrogens with one attached hydrogen (secondary N) is 3. The first-order valence-electron chi connectivity index (χ1n) is 10.4. The number of phenolic OH excluding ortho intramolecular Hbond substituents is 1. The molecule has 0 unspecified atom stereocenters. The third kappa shape index (κ3) is 4.79. The van der Waals surface area contributed by atoms with Crippen LogP contribution in [0.15, 0.2) is 48.5 Å². The second kappa shape index (κ2) is 8.67. The van der Waals surface area contributed by atoms with Crippen LogP contribution < -0.4 is 20.7 Å². The molecular formula is C23H25N3O5. The van der Waals surface area contributed by atoms with Crippen molar-refractivity contribution in [3.05, 3.63) is 54.1 Å². The summed E-state index contributed by atoms with van der Waals surface area (Å²) in [7, 11) is 0. The van der Waals surface area contributed by atoms with E-state index in [0.717, 1.165) is 24.8 Å². The van der Waals surface area contributed by atoms with Gasteiger partial charge in [0.05, 0.1) is 5.54 Å². The Morgan fingerprint density at radius 2 is 1.81 bits per heavy atom. The molecule has 3 amide bonds. The molecule has 1 saturated carbocycles. The molecule has 4 rings (SSSR count). The van der Waals surface area contributed by atoms with Crippen LogP contribution in [0.1, 0.15) is 37.7 Å². The second-order valence-electron chi connectivity index (χ2n) is 7.99. The summed E-state index contributed by atoms with van der Waals surface area (Å²) in [6, 6.07) is 13.2. The van der Waals surface area contributed by atoms with Crippen LogP contribution in [0.5, 0.6) is 11.5 Å². The minimum atomic E-state index is -0.488. The van der Waals surface area contributed by atoms with Gasteiger partial charge in [-0.1, -0.05) is 12.1 Å². The van der Waals surface area contributed by atoms with Gasteiger partial charge >= 0.3 is 0 Å². The van der Waals surface area contributed by atoms with E-state index in [-0.39, 0.29) is 30.1 Å². The van der Waals surface area contributed by atoms with Gasteiger partial charge < -0.3 is 25.8 Å². The molecule has 31 heavy (non-hydrogen) atoms. The lowest BCUT2D eigenvalue weighted by Gasteiger charge is -2.43. The van der Waals surface area contributed by atoms with Crippen LogP contribution in [0.25, 0.3) is 0 Å². The van der Waals surface area contributed by atoms with Crippen molar-refractivity contribution in [2.45, 2.75) is 43.7 Å². The maximum atomic E-state index is 12.5. The topological polar surface area (TPSA) is 117 Å². The van der Waals surface area contributed by atoms with Crippen molar-refractivity contribution in [2.24, 2.45) is 0 Å². The van der Waals surface area contributed by atoms with Crippen LogP contribution in [-0.2, 0) is 19.9 Å². The van der Waals surface area contributed by atoms with Gasteiger partial charge in [-0.3, -0.25) is 14.4 Å². The van der Waals surface area contributed by atoms with Crippen molar-refractivity contribution >= 4 is 23.4 Å². The van der Waals surface area contributed by atoms with Crippen molar-refractivity contribution < 1.29 is 24.2 Å². The highest BCUT2D eigenvalue weighted by Gasteiger charge is 2.40. The van der Waals surface area contributed by atoms with E-state index in [1.807, 2.05) is 24.3 Å². The van der Waals surface area contributed by atoms with E-state index in [2.05, 4.69) is 16.0 Å². The first-order valence-corrected chi connectivity index (χ1v) is 10.4. The van der Waals surface area contributed by atoms with Gasteiger partial charge in [-0.2, -0.15) is 0 Å². The molecule has 1 heterocycles. The molecule has 0 spiro atoms. The predicted molar refractivity (Wildman–Crippen MR) is 114 cm³/mol. The number of amides is 3. The number of benzene rings is 2. The first-order chi connectivity index (χ1) is 14.9. The van der Waals surface area contributed by atoms with E-state index in [9.17, 15) is 19.5 Å². The zero-order valence-electron chi connectivity index (χ0n) is 17.0. The maximum Gasteiger partial charge on any atom is 0.258 e. The van der Waals surface area contributed by atoms with Crippen molar-refractivity contribution in [3.8, 4) is 11.5 Å². The Kier molecular flexibility index (Phi) is 5.79. The molecule has 1 saturated heterocycles. The lowest BCUT2D eigenvalue weighted by atomic mass is 9.71. The molecule has 0 aromatic heterocycles. The van der Waals surface area contributed by atoms with Gasteiger partial charge in [0.2, 0.25) is 11.8 Å².